The van der Waals surface area contributed by atoms with Crippen LogP contribution >= 0.6 is 10.2 Å². The lowest BCUT2D eigenvalue weighted by atomic mass is 10.0. The van der Waals surface area contributed by atoms with Crippen LogP contribution in [0.5, 0.6) is 0 Å². The van der Waals surface area contributed by atoms with Gasteiger partial charge in [-0.3, -0.25) is 5.43 Å². The van der Waals surface area contributed by atoms with Crippen LogP contribution in [0.1, 0.15) is 5.56 Å². The van der Waals surface area contributed by atoms with Gasteiger partial charge in [0.15, 0.2) is 5.70 Å². The fourth-order valence-corrected chi connectivity index (χ4v) is 2.80. The fourth-order valence-electron chi connectivity index (χ4n) is 2.15. The van der Waals surface area contributed by atoms with Crippen molar-refractivity contribution in [3.63, 3.8) is 0 Å². The number of benzene rings is 2. The second-order valence-electron chi connectivity index (χ2n) is 5.67. The minimum atomic E-state index is -9.71. The van der Waals surface area contributed by atoms with Crippen molar-refractivity contribution in [2.45, 2.75) is 11.5 Å². The van der Waals surface area contributed by atoms with Gasteiger partial charge in [0, 0.05) is 0 Å². The average Bonchev–Trinajstić information content (AvgIpc) is 2.60. The van der Waals surface area contributed by atoms with Crippen molar-refractivity contribution in [1.82, 2.24) is 5.43 Å². The summed E-state index contributed by atoms with van der Waals surface area (Å²) >= 11 is 0. The summed E-state index contributed by atoms with van der Waals surface area (Å²) in [5, 5.41) is 8.77. The monoisotopic (exact) mass is 425 g/mol. The maximum absolute atomic E-state index is 12.7. The molecule has 0 heterocycles. The molecule has 6 nitrogen and oxygen atoms in total. The number of hydrogen-bond acceptors (Lipinski definition) is 5. The Morgan fingerprint density at radius 1 is 0.964 bits per heavy atom. The Morgan fingerprint density at radius 3 is 1.82 bits per heavy atom. The molecule has 0 aliphatic carbocycles. The Balaban J connectivity index is 2.15. The molecule has 0 atom stereocenters. The van der Waals surface area contributed by atoms with Crippen LogP contribution in [-0.4, -0.2) is 11.1 Å². The minimum absolute atomic E-state index is 0.100. The zero-order valence-corrected chi connectivity index (χ0v) is 14.9. The molecule has 0 saturated carbocycles. The number of nitrogens with two attached hydrogens (primary N) is 2. The summed E-state index contributed by atoms with van der Waals surface area (Å²) in [6.07, 6.45) is 0. The molecular formula is C16H16F5N3O3S. The molecule has 0 saturated heterocycles. The van der Waals surface area contributed by atoms with E-state index >= 15 is 0 Å². The number of ether oxygens (including phenoxy) is 1. The number of rotatable bonds is 7. The van der Waals surface area contributed by atoms with Crippen molar-refractivity contribution >= 4 is 16.2 Å². The summed E-state index contributed by atoms with van der Waals surface area (Å²) in [4.78, 5) is 8.80. The molecule has 2 aromatic carbocycles. The van der Waals surface area contributed by atoms with Gasteiger partial charge < -0.3 is 15.6 Å². The van der Waals surface area contributed by atoms with Crippen LogP contribution in [0.25, 0.3) is 11.1 Å². The van der Waals surface area contributed by atoms with Gasteiger partial charge >= 0.3 is 16.2 Å². The van der Waals surface area contributed by atoms with Gasteiger partial charge in [0.1, 0.15) is 11.5 Å². The zero-order chi connectivity index (χ0) is 21.2. The molecule has 0 spiro atoms. The van der Waals surface area contributed by atoms with E-state index in [-0.39, 0.29) is 12.5 Å². The summed E-state index contributed by atoms with van der Waals surface area (Å²) in [7, 11) is -9.71. The van der Waals surface area contributed by atoms with Crippen molar-refractivity contribution in [3.8, 4) is 11.1 Å². The van der Waals surface area contributed by atoms with Crippen molar-refractivity contribution in [3.05, 3.63) is 65.7 Å². The molecule has 12 heteroatoms. The van der Waals surface area contributed by atoms with E-state index in [1.807, 2.05) is 5.43 Å². The smallest absolute Gasteiger partial charge is 0.357 e. The molecule has 0 bridgehead atoms. The number of hydrogen-bond donors (Lipinski definition) is 4. The second kappa shape index (κ2) is 6.56. The molecule has 0 aromatic heterocycles. The summed E-state index contributed by atoms with van der Waals surface area (Å²) in [5.74, 6) is 3.35. The minimum Gasteiger partial charge on any atom is -0.476 e. The average molecular weight is 425 g/mol. The first-order valence-electron chi connectivity index (χ1n) is 7.47. The van der Waals surface area contributed by atoms with Crippen molar-refractivity contribution in [2.75, 3.05) is 0 Å². The molecule has 2 aromatic rings. The lowest BCUT2D eigenvalue weighted by Crippen LogP contribution is -2.29. The van der Waals surface area contributed by atoms with E-state index in [4.69, 9.17) is 21.4 Å². The van der Waals surface area contributed by atoms with Crippen LogP contribution in [0, 0.1) is 0 Å². The summed E-state index contributed by atoms with van der Waals surface area (Å²) in [6, 6.07) is 8.76. The number of carboxylic acids is 1. The lowest BCUT2D eigenvalue weighted by Gasteiger charge is -2.40. The molecule has 2 rings (SSSR count). The summed E-state index contributed by atoms with van der Waals surface area (Å²) < 4.78 is 68.9. The maximum atomic E-state index is 12.7. The Bertz CT molecular complexity index is 914. The first-order valence-corrected chi connectivity index (χ1v) is 9.42. The Hall–Kier alpha value is -2.99. The molecule has 0 aliphatic rings. The van der Waals surface area contributed by atoms with Gasteiger partial charge in [0.25, 0.3) is 0 Å². The number of carboxylic acid groups (broad SMARTS) is 1. The molecule has 154 valence electrons. The highest BCUT2D eigenvalue weighted by Gasteiger charge is 2.65. The van der Waals surface area contributed by atoms with Gasteiger partial charge in [-0.2, -0.15) is 0 Å². The van der Waals surface area contributed by atoms with Crippen LogP contribution in [0.4, 0.5) is 19.4 Å². The number of hydrazine groups is 1. The number of carbonyl (C=O) groups is 1. The molecule has 0 unspecified atom stereocenters. The van der Waals surface area contributed by atoms with E-state index in [9.17, 15) is 24.2 Å². The van der Waals surface area contributed by atoms with E-state index in [0.29, 0.717) is 28.8 Å². The third kappa shape index (κ3) is 5.27. The van der Waals surface area contributed by atoms with Crippen molar-refractivity contribution in [2.24, 2.45) is 11.6 Å². The highest BCUT2D eigenvalue weighted by molar-refractivity contribution is 8.45. The molecule has 0 amide bonds. The van der Waals surface area contributed by atoms with E-state index < -0.39 is 26.8 Å². The van der Waals surface area contributed by atoms with E-state index in [1.54, 1.807) is 12.1 Å². The molecule has 6 N–H and O–H groups in total. The predicted molar refractivity (Wildman–Crippen MR) is 94.2 cm³/mol. The molecule has 0 fully saturated rings. The van der Waals surface area contributed by atoms with Crippen LogP contribution in [0.2, 0.25) is 0 Å². The lowest BCUT2D eigenvalue weighted by molar-refractivity contribution is -0.133. The fraction of sp³-hybridized carbons (Fsp3) is 0.0625. The SMILES string of the molecule is NN/C(OCc1ccc(-c2ccc(S(F)(F)(F)(F)F)cc2)cc1)=C(\N)C(=O)O. The standard InChI is InChI=1S/C16H16F5N3O3S/c17-28(18,19,20,21)13-7-5-12(6-8-13)11-3-1-10(2-4-11)9-27-15(24-23)14(22)16(25)26/h1-8,24H,9,22-23H2,(H,25,26)/b15-14+. The zero-order valence-electron chi connectivity index (χ0n) is 14.0. The highest BCUT2D eigenvalue weighted by atomic mass is 32.5. The van der Waals surface area contributed by atoms with Crippen LogP contribution in [0.3, 0.4) is 0 Å². The number of aliphatic carboxylic acids is 1. The van der Waals surface area contributed by atoms with Gasteiger partial charge in [-0.25, -0.2) is 10.6 Å². The largest absolute Gasteiger partial charge is 0.476 e. The third-order valence-corrected chi connectivity index (χ3v) is 4.74. The molecule has 0 aliphatic heterocycles. The number of halogens is 5. The second-order valence-corrected chi connectivity index (χ2v) is 8.08. The van der Waals surface area contributed by atoms with Gasteiger partial charge in [-0.1, -0.05) is 55.8 Å². The van der Waals surface area contributed by atoms with E-state index in [1.165, 1.54) is 12.1 Å². The maximum Gasteiger partial charge on any atom is 0.357 e. The Labute approximate surface area is 156 Å². The third-order valence-electron chi connectivity index (χ3n) is 3.58. The highest BCUT2D eigenvalue weighted by Crippen LogP contribution is 3.02. The van der Waals surface area contributed by atoms with E-state index in [2.05, 4.69) is 0 Å². The molecule has 0 radical (unpaired) electrons. The van der Waals surface area contributed by atoms with Crippen LogP contribution < -0.4 is 17.0 Å². The van der Waals surface area contributed by atoms with Crippen molar-refractivity contribution in [1.29, 1.82) is 0 Å². The normalized spacial score (nSPS) is 15.1. The first kappa shape index (κ1) is 21.3. The Morgan fingerprint density at radius 2 is 1.43 bits per heavy atom. The Kier molecular flexibility index (Phi) is 5.00. The van der Waals surface area contributed by atoms with Crippen LogP contribution in [0.15, 0.2) is 65.0 Å². The van der Waals surface area contributed by atoms with E-state index in [0.717, 1.165) is 12.1 Å². The topological polar surface area (TPSA) is 111 Å². The summed E-state index contributed by atoms with van der Waals surface area (Å²) in [6.45, 7) is -0.100. The predicted octanol–water partition coefficient (Wildman–Crippen LogP) is 4.20. The first-order chi connectivity index (χ1) is 12.7. The van der Waals surface area contributed by atoms with Gasteiger partial charge in [0.05, 0.1) is 0 Å². The molecule has 28 heavy (non-hydrogen) atoms. The van der Waals surface area contributed by atoms with Crippen LogP contribution in [-0.2, 0) is 16.1 Å². The summed E-state index contributed by atoms with van der Waals surface area (Å²) in [5.41, 5.74) is 8.02. The van der Waals surface area contributed by atoms with Crippen molar-refractivity contribution < 1.29 is 34.1 Å². The molecular weight excluding hydrogens is 409 g/mol. The number of nitrogens with one attached hydrogen (secondary N) is 1. The quantitative estimate of drug-likeness (QED) is 0.174. The van der Waals surface area contributed by atoms with Gasteiger partial charge in [-0.15, -0.1) is 0 Å². The van der Waals surface area contributed by atoms with Gasteiger partial charge in [0.2, 0.25) is 5.88 Å². The van der Waals surface area contributed by atoms with Gasteiger partial charge in [-0.05, 0) is 28.8 Å².